The van der Waals surface area contributed by atoms with E-state index in [1.807, 2.05) is 29.2 Å². The van der Waals surface area contributed by atoms with Gasteiger partial charge in [0, 0.05) is 24.4 Å². The molecule has 3 heteroatoms. The summed E-state index contributed by atoms with van der Waals surface area (Å²) >= 11 is 0. The van der Waals surface area contributed by atoms with Crippen LogP contribution in [0.5, 0.6) is 0 Å². The van der Waals surface area contributed by atoms with Gasteiger partial charge in [0.1, 0.15) is 0 Å². The topological polar surface area (TPSA) is 37.4 Å². The average molecular weight is 271 g/mol. The minimum Gasteiger partial charge on any atom is -0.311 e. The maximum atomic E-state index is 12.9. The van der Waals surface area contributed by atoms with Gasteiger partial charge in [-0.3, -0.25) is 9.59 Å². The molecule has 0 unspecified atom stereocenters. The molecule has 106 valence electrons. The van der Waals surface area contributed by atoms with Crippen molar-refractivity contribution in [3.05, 3.63) is 29.8 Å². The Morgan fingerprint density at radius 3 is 2.35 bits per heavy atom. The monoisotopic (exact) mass is 271 g/mol. The SMILES string of the molecule is CC1(C)C(C(=O)N2CCC(=O)c3ccccc32)C1(C)C. The molecule has 3 rings (SSSR count). The number of benzene rings is 1. The first-order valence-corrected chi connectivity index (χ1v) is 7.22. The Labute approximate surface area is 120 Å². The standard InChI is InChI=1S/C17H21NO2/c1-16(2)14(17(16,3)4)15(20)18-10-9-13(19)11-7-5-6-8-12(11)18/h5-8,14H,9-10H2,1-4H3. The van der Waals surface area contributed by atoms with Crippen molar-refractivity contribution in [2.45, 2.75) is 34.1 Å². The van der Waals surface area contributed by atoms with Crippen molar-refractivity contribution < 1.29 is 9.59 Å². The highest BCUT2D eigenvalue weighted by Crippen LogP contribution is 2.69. The second-order valence-corrected chi connectivity index (χ2v) is 7.06. The number of fused-ring (bicyclic) bond motifs is 1. The fourth-order valence-corrected chi connectivity index (χ4v) is 3.61. The van der Waals surface area contributed by atoms with Crippen LogP contribution in [-0.4, -0.2) is 18.2 Å². The maximum absolute atomic E-state index is 12.9. The van der Waals surface area contributed by atoms with Crippen LogP contribution in [0.2, 0.25) is 0 Å². The summed E-state index contributed by atoms with van der Waals surface area (Å²) in [4.78, 5) is 26.6. The second kappa shape index (κ2) is 3.94. The highest BCUT2D eigenvalue weighted by atomic mass is 16.2. The molecule has 1 aromatic carbocycles. The normalized spacial score (nSPS) is 23.4. The number of nitrogens with zero attached hydrogens (tertiary/aromatic N) is 1. The van der Waals surface area contributed by atoms with Crippen LogP contribution < -0.4 is 4.90 Å². The van der Waals surface area contributed by atoms with Gasteiger partial charge in [-0.25, -0.2) is 0 Å². The molecule has 1 heterocycles. The lowest BCUT2D eigenvalue weighted by Crippen LogP contribution is -2.39. The van der Waals surface area contributed by atoms with Crippen molar-refractivity contribution in [3.63, 3.8) is 0 Å². The predicted octanol–water partition coefficient (Wildman–Crippen LogP) is 3.29. The average Bonchev–Trinajstić information content (AvgIpc) is 2.80. The minimum atomic E-state index is 0.0283. The molecule has 1 aliphatic heterocycles. The van der Waals surface area contributed by atoms with E-state index in [0.29, 0.717) is 18.5 Å². The molecular formula is C17H21NO2. The first-order chi connectivity index (χ1) is 9.28. The number of hydrogen-bond donors (Lipinski definition) is 0. The summed E-state index contributed by atoms with van der Waals surface area (Å²) in [6.07, 6.45) is 0.427. The molecule has 0 saturated heterocycles. The first kappa shape index (κ1) is 13.3. The third-order valence-electron chi connectivity index (χ3n) is 5.59. The van der Waals surface area contributed by atoms with E-state index in [1.54, 1.807) is 0 Å². The van der Waals surface area contributed by atoms with Gasteiger partial charge in [-0.15, -0.1) is 0 Å². The molecule has 1 saturated carbocycles. The zero-order valence-electron chi connectivity index (χ0n) is 12.6. The van der Waals surface area contributed by atoms with E-state index in [9.17, 15) is 9.59 Å². The van der Waals surface area contributed by atoms with Gasteiger partial charge in [-0.2, -0.15) is 0 Å². The Kier molecular flexibility index (Phi) is 2.63. The number of para-hydroxylation sites is 1. The van der Waals surface area contributed by atoms with Crippen LogP contribution in [0.3, 0.4) is 0 Å². The fourth-order valence-electron chi connectivity index (χ4n) is 3.61. The fraction of sp³-hybridized carbons (Fsp3) is 0.529. The van der Waals surface area contributed by atoms with Crippen LogP contribution >= 0.6 is 0 Å². The van der Waals surface area contributed by atoms with Gasteiger partial charge in [0.2, 0.25) is 5.91 Å². The van der Waals surface area contributed by atoms with Crippen molar-refractivity contribution >= 4 is 17.4 Å². The Morgan fingerprint density at radius 1 is 1.15 bits per heavy atom. The second-order valence-electron chi connectivity index (χ2n) is 7.06. The summed E-state index contributed by atoms with van der Waals surface area (Å²) in [5.74, 6) is 0.343. The molecule has 2 aliphatic rings. The molecule has 20 heavy (non-hydrogen) atoms. The van der Waals surface area contributed by atoms with E-state index < -0.39 is 0 Å². The Hall–Kier alpha value is -1.64. The van der Waals surface area contributed by atoms with Gasteiger partial charge in [-0.05, 0) is 23.0 Å². The molecule has 0 radical (unpaired) electrons. The van der Waals surface area contributed by atoms with Crippen LogP contribution in [0, 0.1) is 16.7 Å². The van der Waals surface area contributed by atoms with Crippen molar-refractivity contribution in [2.24, 2.45) is 16.7 Å². The van der Waals surface area contributed by atoms with Gasteiger partial charge >= 0.3 is 0 Å². The maximum Gasteiger partial charge on any atom is 0.231 e. The van der Waals surface area contributed by atoms with E-state index in [4.69, 9.17) is 0 Å². The minimum absolute atomic E-state index is 0.0283. The van der Waals surface area contributed by atoms with Crippen LogP contribution in [0.15, 0.2) is 24.3 Å². The summed E-state index contributed by atoms with van der Waals surface area (Å²) in [5.41, 5.74) is 1.52. The summed E-state index contributed by atoms with van der Waals surface area (Å²) in [7, 11) is 0. The number of carbonyl (C=O) groups excluding carboxylic acids is 2. The van der Waals surface area contributed by atoms with E-state index >= 15 is 0 Å². The molecule has 1 aliphatic carbocycles. The number of anilines is 1. The predicted molar refractivity (Wildman–Crippen MR) is 78.8 cm³/mol. The van der Waals surface area contributed by atoms with Gasteiger partial charge < -0.3 is 4.90 Å². The van der Waals surface area contributed by atoms with E-state index in [1.165, 1.54) is 0 Å². The molecule has 1 fully saturated rings. The van der Waals surface area contributed by atoms with E-state index in [2.05, 4.69) is 27.7 Å². The van der Waals surface area contributed by atoms with Gasteiger partial charge in [0.05, 0.1) is 5.69 Å². The largest absolute Gasteiger partial charge is 0.311 e. The number of carbonyl (C=O) groups is 2. The first-order valence-electron chi connectivity index (χ1n) is 7.22. The third kappa shape index (κ3) is 1.58. The number of ketones is 1. The van der Waals surface area contributed by atoms with Crippen LogP contribution in [-0.2, 0) is 4.79 Å². The molecule has 0 atom stereocenters. The number of amides is 1. The molecule has 0 N–H and O–H groups in total. The molecule has 3 nitrogen and oxygen atoms in total. The third-order valence-corrected chi connectivity index (χ3v) is 5.59. The Bertz CT molecular complexity index is 587. The van der Waals surface area contributed by atoms with Crippen molar-refractivity contribution in [3.8, 4) is 0 Å². The zero-order valence-corrected chi connectivity index (χ0v) is 12.6. The summed E-state index contributed by atoms with van der Waals surface area (Å²) in [6, 6.07) is 7.45. The number of hydrogen-bond acceptors (Lipinski definition) is 2. The quantitative estimate of drug-likeness (QED) is 0.786. The lowest BCUT2D eigenvalue weighted by Gasteiger charge is -2.29. The van der Waals surface area contributed by atoms with Gasteiger partial charge in [0.15, 0.2) is 5.78 Å². The highest BCUT2D eigenvalue weighted by Gasteiger charge is 2.69. The number of rotatable bonds is 1. The summed E-state index contributed by atoms with van der Waals surface area (Å²) in [6.45, 7) is 9.11. The van der Waals surface area contributed by atoms with Crippen molar-refractivity contribution in [1.29, 1.82) is 0 Å². The molecular weight excluding hydrogens is 250 g/mol. The zero-order chi connectivity index (χ0) is 14.7. The molecule has 1 aromatic rings. The van der Waals surface area contributed by atoms with Crippen molar-refractivity contribution in [1.82, 2.24) is 0 Å². The van der Waals surface area contributed by atoms with E-state index in [0.717, 1.165) is 5.69 Å². The van der Waals surface area contributed by atoms with Crippen LogP contribution in [0.1, 0.15) is 44.5 Å². The highest BCUT2D eigenvalue weighted by molar-refractivity contribution is 6.10. The lowest BCUT2D eigenvalue weighted by atomic mass is 9.99. The summed E-state index contributed by atoms with van der Waals surface area (Å²) < 4.78 is 0. The van der Waals surface area contributed by atoms with E-state index in [-0.39, 0.29) is 28.4 Å². The molecule has 1 amide bonds. The van der Waals surface area contributed by atoms with Crippen LogP contribution in [0.4, 0.5) is 5.69 Å². The summed E-state index contributed by atoms with van der Waals surface area (Å²) in [5, 5.41) is 0. The van der Waals surface area contributed by atoms with Crippen molar-refractivity contribution in [2.75, 3.05) is 11.4 Å². The van der Waals surface area contributed by atoms with Gasteiger partial charge in [0.25, 0.3) is 0 Å². The number of Topliss-reactive ketones (excluding diaryl/α,β-unsaturated/α-hetero) is 1. The van der Waals surface area contributed by atoms with Gasteiger partial charge in [-0.1, -0.05) is 39.8 Å². The molecule has 0 bridgehead atoms. The lowest BCUT2D eigenvalue weighted by molar-refractivity contribution is -0.120. The Balaban J connectivity index is 1.96. The smallest absolute Gasteiger partial charge is 0.231 e. The van der Waals surface area contributed by atoms with Crippen LogP contribution in [0.25, 0.3) is 0 Å². The molecule has 0 spiro atoms. The molecule has 0 aromatic heterocycles. The Morgan fingerprint density at radius 2 is 1.75 bits per heavy atom.